The van der Waals surface area contributed by atoms with Crippen LogP contribution in [0.3, 0.4) is 0 Å². The summed E-state index contributed by atoms with van der Waals surface area (Å²) in [6.45, 7) is 0.256. The second-order valence-corrected chi connectivity index (χ2v) is 7.83. The summed E-state index contributed by atoms with van der Waals surface area (Å²) in [7, 11) is -2.21. The van der Waals surface area contributed by atoms with Crippen molar-refractivity contribution in [3.8, 4) is 0 Å². The fourth-order valence-corrected chi connectivity index (χ4v) is 4.00. The maximum absolute atomic E-state index is 12.6. The molecule has 120 valence electrons. The van der Waals surface area contributed by atoms with E-state index in [-0.39, 0.29) is 17.0 Å². The fourth-order valence-electron chi connectivity index (χ4n) is 2.16. The summed E-state index contributed by atoms with van der Waals surface area (Å²) in [6.07, 6.45) is 0. The predicted molar refractivity (Wildman–Crippen MR) is 88.2 cm³/mol. The first-order valence-electron chi connectivity index (χ1n) is 6.62. The lowest BCUT2D eigenvalue weighted by molar-refractivity contribution is 0.467. The normalized spacial score (nSPS) is 12.1. The zero-order chi connectivity index (χ0) is 16.6. The molecule has 0 bridgehead atoms. The van der Waals surface area contributed by atoms with E-state index >= 15 is 0 Å². The van der Waals surface area contributed by atoms with Crippen molar-refractivity contribution in [2.24, 2.45) is 0 Å². The SMILES string of the molecule is CN(Cc1ccsc1)S(=O)(=O)c1ccc2[nH]c(=O)c(=O)[nH]c2c1. The average Bonchev–Trinajstić information content (AvgIpc) is 3.00. The van der Waals surface area contributed by atoms with Gasteiger partial charge in [-0.15, -0.1) is 0 Å². The Morgan fingerprint density at radius 3 is 2.43 bits per heavy atom. The van der Waals surface area contributed by atoms with Crippen LogP contribution in [0.5, 0.6) is 0 Å². The summed E-state index contributed by atoms with van der Waals surface area (Å²) in [5, 5.41) is 3.77. The van der Waals surface area contributed by atoms with Crippen LogP contribution < -0.4 is 11.1 Å². The molecule has 3 rings (SSSR count). The highest BCUT2D eigenvalue weighted by Crippen LogP contribution is 2.20. The predicted octanol–water partition coefficient (Wildman–Crippen LogP) is 1.10. The zero-order valence-electron chi connectivity index (χ0n) is 12.1. The number of rotatable bonds is 4. The minimum absolute atomic E-state index is 0.0467. The van der Waals surface area contributed by atoms with Crippen molar-refractivity contribution in [2.45, 2.75) is 11.4 Å². The Morgan fingerprint density at radius 1 is 1.09 bits per heavy atom. The molecule has 2 N–H and O–H groups in total. The molecule has 3 aromatic rings. The van der Waals surface area contributed by atoms with Crippen molar-refractivity contribution >= 4 is 32.4 Å². The van der Waals surface area contributed by atoms with Gasteiger partial charge in [-0.05, 0) is 40.6 Å². The smallest absolute Gasteiger partial charge is 0.314 e. The molecule has 0 fully saturated rings. The standard InChI is InChI=1S/C14H13N3O4S2/c1-17(7-9-4-5-22-8-9)23(20,21)10-2-3-11-12(6-10)16-14(19)13(18)15-11/h2-6,8H,7H2,1H3,(H,15,18)(H,16,19). The van der Waals surface area contributed by atoms with Crippen LogP contribution in [-0.2, 0) is 16.6 Å². The third kappa shape index (κ3) is 2.98. The molecular formula is C14H13N3O4S2. The molecule has 0 saturated carbocycles. The Morgan fingerprint density at radius 2 is 1.78 bits per heavy atom. The Bertz CT molecular complexity index is 1070. The molecule has 0 aliphatic rings. The van der Waals surface area contributed by atoms with E-state index in [0.717, 1.165) is 5.56 Å². The van der Waals surface area contributed by atoms with Gasteiger partial charge >= 0.3 is 11.1 Å². The van der Waals surface area contributed by atoms with Gasteiger partial charge in [0, 0.05) is 13.6 Å². The van der Waals surface area contributed by atoms with Crippen molar-refractivity contribution in [3.05, 3.63) is 61.3 Å². The van der Waals surface area contributed by atoms with Gasteiger partial charge in [0.2, 0.25) is 10.0 Å². The summed E-state index contributed by atoms with van der Waals surface area (Å²) in [6, 6.07) is 6.06. The topological polar surface area (TPSA) is 103 Å². The Labute approximate surface area is 135 Å². The quantitative estimate of drug-likeness (QED) is 0.687. The molecular weight excluding hydrogens is 338 g/mol. The van der Waals surface area contributed by atoms with E-state index in [2.05, 4.69) is 9.97 Å². The largest absolute Gasteiger partial charge is 0.316 e. The molecule has 2 aromatic heterocycles. The number of aromatic amines is 2. The van der Waals surface area contributed by atoms with E-state index in [1.807, 2.05) is 16.8 Å². The van der Waals surface area contributed by atoms with Gasteiger partial charge in [0.25, 0.3) is 0 Å². The van der Waals surface area contributed by atoms with Crippen LogP contribution in [0.15, 0.2) is 49.5 Å². The summed E-state index contributed by atoms with van der Waals surface area (Å²) in [4.78, 5) is 27.5. The van der Waals surface area contributed by atoms with Gasteiger partial charge in [-0.2, -0.15) is 15.6 Å². The van der Waals surface area contributed by atoms with E-state index in [9.17, 15) is 18.0 Å². The second-order valence-electron chi connectivity index (χ2n) is 5.01. The van der Waals surface area contributed by atoms with Crippen LogP contribution in [-0.4, -0.2) is 29.7 Å². The van der Waals surface area contributed by atoms with Crippen LogP contribution in [0.4, 0.5) is 0 Å². The Balaban J connectivity index is 2.02. The molecule has 2 heterocycles. The van der Waals surface area contributed by atoms with E-state index in [4.69, 9.17) is 0 Å². The van der Waals surface area contributed by atoms with E-state index < -0.39 is 21.1 Å². The molecule has 0 aliphatic heterocycles. The summed E-state index contributed by atoms with van der Waals surface area (Å²) < 4.78 is 26.5. The Kier molecular flexibility index (Phi) is 3.92. The molecule has 23 heavy (non-hydrogen) atoms. The highest BCUT2D eigenvalue weighted by molar-refractivity contribution is 7.89. The second kappa shape index (κ2) is 5.76. The summed E-state index contributed by atoms with van der Waals surface area (Å²) in [5.41, 5.74) is -0.0606. The van der Waals surface area contributed by atoms with Gasteiger partial charge in [-0.1, -0.05) is 0 Å². The molecule has 7 nitrogen and oxygen atoms in total. The van der Waals surface area contributed by atoms with Crippen molar-refractivity contribution in [3.63, 3.8) is 0 Å². The maximum Gasteiger partial charge on any atom is 0.314 e. The number of benzene rings is 1. The van der Waals surface area contributed by atoms with Gasteiger partial charge in [-0.25, -0.2) is 8.42 Å². The Hall–Kier alpha value is -2.23. The van der Waals surface area contributed by atoms with Gasteiger partial charge in [0.15, 0.2) is 0 Å². The van der Waals surface area contributed by atoms with Crippen molar-refractivity contribution in [2.75, 3.05) is 7.05 Å². The number of aromatic nitrogens is 2. The minimum atomic E-state index is -3.71. The van der Waals surface area contributed by atoms with E-state index in [1.165, 1.54) is 40.9 Å². The monoisotopic (exact) mass is 351 g/mol. The maximum atomic E-state index is 12.6. The molecule has 0 amide bonds. The molecule has 0 saturated heterocycles. The van der Waals surface area contributed by atoms with E-state index in [0.29, 0.717) is 5.52 Å². The lowest BCUT2D eigenvalue weighted by Gasteiger charge is -2.16. The first kappa shape index (κ1) is 15.7. The molecule has 0 atom stereocenters. The lowest BCUT2D eigenvalue weighted by atomic mass is 10.3. The van der Waals surface area contributed by atoms with Gasteiger partial charge in [-0.3, -0.25) is 9.59 Å². The van der Waals surface area contributed by atoms with Crippen molar-refractivity contribution < 1.29 is 8.42 Å². The number of nitrogens with zero attached hydrogens (tertiary/aromatic N) is 1. The molecule has 1 aromatic carbocycles. The van der Waals surface area contributed by atoms with Crippen LogP contribution in [0.25, 0.3) is 11.0 Å². The minimum Gasteiger partial charge on any atom is -0.316 e. The third-order valence-corrected chi connectivity index (χ3v) is 5.92. The molecule has 0 aliphatic carbocycles. The number of fused-ring (bicyclic) bond motifs is 1. The van der Waals surface area contributed by atoms with Gasteiger partial charge < -0.3 is 9.97 Å². The average molecular weight is 351 g/mol. The molecule has 0 spiro atoms. The van der Waals surface area contributed by atoms with Crippen molar-refractivity contribution in [1.29, 1.82) is 0 Å². The van der Waals surface area contributed by atoms with Gasteiger partial charge in [0.05, 0.1) is 15.9 Å². The first-order valence-corrected chi connectivity index (χ1v) is 9.00. The van der Waals surface area contributed by atoms with Gasteiger partial charge in [0.1, 0.15) is 0 Å². The van der Waals surface area contributed by atoms with Crippen LogP contribution in [0.2, 0.25) is 0 Å². The fraction of sp³-hybridized carbons (Fsp3) is 0.143. The molecule has 0 unspecified atom stereocenters. The number of H-pyrrole nitrogens is 2. The highest BCUT2D eigenvalue weighted by Gasteiger charge is 2.21. The van der Waals surface area contributed by atoms with Crippen LogP contribution in [0.1, 0.15) is 5.56 Å². The first-order chi connectivity index (χ1) is 10.9. The number of sulfonamides is 1. The highest BCUT2D eigenvalue weighted by atomic mass is 32.2. The number of hydrogen-bond donors (Lipinski definition) is 2. The summed E-state index contributed by atoms with van der Waals surface area (Å²) in [5.74, 6) is 0. The number of hydrogen-bond acceptors (Lipinski definition) is 5. The van der Waals surface area contributed by atoms with Crippen molar-refractivity contribution in [1.82, 2.24) is 14.3 Å². The number of nitrogens with one attached hydrogen (secondary N) is 2. The third-order valence-electron chi connectivity index (χ3n) is 3.39. The van der Waals surface area contributed by atoms with Crippen LogP contribution >= 0.6 is 11.3 Å². The lowest BCUT2D eigenvalue weighted by Crippen LogP contribution is -2.29. The van der Waals surface area contributed by atoms with E-state index in [1.54, 1.807) is 0 Å². The molecule has 9 heteroatoms. The molecule has 0 radical (unpaired) electrons. The summed E-state index contributed by atoms with van der Waals surface area (Å²) >= 11 is 1.50. The number of thiophene rings is 1. The zero-order valence-corrected chi connectivity index (χ0v) is 13.7. The van der Waals surface area contributed by atoms with Crippen LogP contribution in [0, 0.1) is 0 Å².